The fourth-order valence-electron chi connectivity index (χ4n) is 4.67. The molecule has 0 spiro atoms. The summed E-state index contributed by atoms with van der Waals surface area (Å²) in [5.74, 6) is 1.31. The van der Waals surface area contributed by atoms with Crippen LogP contribution >= 0.6 is 23.3 Å². The van der Waals surface area contributed by atoms with Crippen molar-refractivity contribution in [2.45, 2.75) is 75.6 Å². The predicted molar refractivity (Wildman–Crippen MR) is 130 cm³/mol. The lowest BCUT2D eigenvalue weighted by Crippen LogP contribution is -2.56. The predicted octanol–water partition coefficient (Wildman–Crippen LogP) is 6.70. The van der Waals surface area contributed by atoms with Crippen molar-refractivity contribution in [2.75, 3.05) is 25.1 Å². The minimum Gasteiger partial charge on any atom is -0.376 e. The van der Waals surface area contributed by atoms with Gasteiger partial charge in [0.25, 0.3) is 0 Å². The molecular weight excluding hydrogens is 410 g/mol. The van der Waals surface area contributed by atoms with Gasteiger partial charge in [0.05, 0.1) is 28.6 Å². The molecule has 6 heteroatoms. The van der Waals surface area contributed by atoms with Gasteiger partial charge in [-0.3, -0.25) is 4.72 Å². The van der Waals surface area contributed by atoms with Gasteiger partial charge < -0.3 is 10.1 Å². The van der Waals surface area contributed by atoms with Gasteiger partial charge in [0.15, 0.2) is 0 Å². The first-order valence-corrected chi connectivity index (χ1v) is 13.1. The molecule has 0 amide bonds. The van der Waals surface area contributed by atoms with Crippen LogP contribution < -0.4 is 10.0 Å². The zero-order valence-corrected chi connectivity index (χ0v) is 20.1. The average Bonchev–Trinajstić information content (AvgIpc) is 3.21. The minimum absolute atomic E-state index is 0.0778. The number of rotatable bonds is 9. The van der Waals surface area contributed by atoms with Gasteiger partial charge in [-0.05, 0) is 49.3 Å². The highest BCUT2D eigenvalue weighted by Gasteiger charge is 2.39. The fraction of sp³-hybridized carbons (Fsp3) is 0.625. The number of hydrogen-bond donors (Lipinski definition) is 2. The largest absolute Gasteiger partial charge is 0.376 e. The van der Waals surface area contributed by atoms with Crippen molar-refractivity contribution in [1.82, 2.24) is 9.71 Å². The summed E-state index contributed by atoms with van der Waals surface area (Å²) in [6.07, 6.45) is 9.91. The lowest BCUT2D eigenvalue weighted by atomic mass is 9.87. The van der Waals surface area contributed by atoms with E-state index in [4.69, 9.17) is 9.72 Å². The third kappa shape index (κ3) is 5.21. The first-order valence-electron chi connectivity index (χ1n) is 11.4. The average molecular weight is 446 g/mol. The number of ether oxygens (including phenoxy) is 1. The summed E-state index contributed by atoms with van der Waals surface area (Å²) in [4.78, 5) is 7.38. The Bertz CT molecular complexity index is 826. The molecule has 4 nitrogen and oxygen atoms in total. The van der Waals surface area contributed by atoms with Gasteiger partial charge in [-0.2, -0.15) is 0 Å². The first kappa shape index (κ1) is 22.1. The molecule has 1 aliphatic carbocycles. The Hall–Kier alpha value is -1.08. The van der Waals surface area contributed by atoms with Crippen LogP contribution in [0.25, 0.3) is 10.4 Å². The van der Waals surface area contributed by atoms with E-state index >= 15 is 0 Å². The van der Waals surface area contributed by atoms with Gasteiger partial charge >= 0.3 is 0 Å². The standard InChI is InChI=1S/C24H35N3OS2/c1-4-26-30-21-12-19(27-24(13-17(2)3)15-28-16-24)10-11-20(21)22-14-25-23(29-22)18-8-6-5-7-9-18/h10-12,14,17-18,26-27H,4-9,13,15-16H2,1-3H3. The summed E-state index contributed by atoms with van der Waals surface area (Å²) in [5.41, 5.74) is 2.54. The van der Waals surface area contributed by atoms with Crippen LogP contribution in [0, 0.1) is 5.92 Å². The highest BCUT2D eigenvalue weighted by atomic mass is 32.2. The van der Waals surface area contributed by atoms with Gasteiger partial charge in [0.2, 0.25) is 0 Å². The Labute approximate surface area is 189 Å². The minimum atomic E-state index is 0.0778. The van der Waals surface area contributed by atoms with Crippen LogP contribution in [0.15, 0.2) is 29.3 Å². The SMILES string of the molecule is CCNSc1cc(NC2(CC(C)C)COC2)ccc1-c1cnc(C2CCCCC2)s1. The molecule has 2 aliphatic rings. The molecule has 164 valence electrons. The maximum absolute atomic E-state index is 5.57. The molecule has 0 radical (unpaired) electrons. The third-order valence-electron chi connectivity index (χ3n) is 6.02. The van der Waals surface area contributed by atoms with E-state index in [1.54, 1.807) is 11.9 Å². The molecule has 1 saturated carbocycles. The van der Waals surface area contributed by atoms with Crippen molar-refractivity contribution < 1.29 is 4.74 Å². The molecular formula is C24H35N3OS2. The second-order valence-electron chi connectivity index (χ2n) is 9.20. The number of thiazole rings is 1. The fourth-order valence-corrected chi connectivity index (χ4v) is 6.63. The Kier molecular flexibility index (Phi) is 7.40. The summed E-state index contributed by atoms with van der Waals surface area (Å²) in [5, 5.41) is 5.12. The Morgan fingerprint density at radius 1 is 1.23 bits per heavy atom. The summed E-state index contributed by atoms with van der Waals surface area (Å²) in [7, 11) is 0. The van der Waals surface area contributed by atoms with Gasteiger partial charge in [0.1, 0.15) is 0 Å². The number of anilines is 1. The summed E-state index contributed by atoms with van der Waals surface area (Å²) in [6, 6.07) is 6.79. The van der Waals surface area contributed by atoms with Crippen molar-refractivity contribution >= 4 is 29.0 Å². The normalized spacial score (nSPS) is 19.1. The molecule has 2 N–H and O–H groups in total. The molecule has 30 heavy (non-hydrogen) atoms. The molecule has 1 aromatic heterocycles. The van der Waals surface area contributed by atoms with Crippen LogP contribution in [-0.2, 0) is 4.74 Å². The van der Waals surface area contributed by atoms with E-state index in [2.05, 4.69) is 55.2 Å². The molecule has 4 rings (SSSR count). The van der Waals surface area contributed by atoms with E-state index in [-0.39, 0.29) is 5.54 Å². The molecule has 1 aromatic carbocycles. The van der Waals surface area contributed by atoms with Crippen molar-refractivity contribution in [2.24, 2.45) is 5.92 Å². The smallest absolute Gasteiger partial charge is 0.0962 e. The molecule has 2 aromatic rings. The molecule has 1 saturated heterocycles. The monoisotopic (exact) mass is 445 g/mol. The Morgan fingerprint density at radius 2 is 2.03 bits per heavy atom. The molecule has 0 unspecified atom stereocenters. The number of hydrogen-bond acceptors (Lipinski definition) is 6. The van der Waals surface area contributed by atoms with Crippen LogP contribution in [0.1, 0.15) is 70.2 Å². The molecule has 2 heterocycles. The Balaban J connectivity index is 1.56. The van der Waals surface area contributed by atoms with Crippen LogP contribution in [0.5, 0.6) is 0 Å². The van der Waals surface area contributed by atoms with Gasteiger partial charge in [-0.1, -0.05) is 46.1 Å². The molecule has 0 atom stereocenters. The number of nitrogens with zero attached hydrogens (tertiary/aromatic N) is 1. The lowest BCUT2D eigenvalue weighted by Gasteiger charge is -2.44. The van der Waals surface area contributed by atoms with Crippen LogP contribution in [-0.4, -0.2) is 30.3 Å². The Morgan fingerprint density at radius 3 is 2.70 bits per heavy atom. The van der Waals surface area contributed by atoms with Gasteiger partial charge in [-0.25, -0.2) is 4.98 Å². The topological polar surface area (TPSA) is 46.2 Å². The second-order valence-corrected chi connectivity index (χ2v) is 11.2. The van der Waals surface area contributed by atoms with Crippen LogP contribution in [0.2, 0.25) is 0 Å². The quantitative estimate of drug-likeness (QED) is 0.420. The van der Waals surface area contributed by atoms with Crippen molar-refractivity contribution in [1.29, 1.82) is 0 Å². The maximum Gasteiger partial charge on any atom is 0.0962 e. The number of aromatic nitrogens is 1. The van der Waals surface area contributed by atoms with E-state index in [9.17, 15) is 0 Å². The maximum atomic E-state index is 5.57. The van der Waals surface area contributed by atoms with Gasteiger partial charge in [0, 0.05) is 34.8 Å². The highest BCUT2D eigenvalue weighted by Crippen LogP contribution is 2.41. The van der Waals surface area contributed by atoms with Gasteiger partial charge in [-0.15, -0.1) is 11.3 Å². The molecule has 1 aliphatic heterocycles. The molecule has 2 fully saturated rings. The zero-order valence-electron chi connectivity index (χ0n) is 18.5. The van der Waals surface area contributed by atoms with E-state index in [0.29, 0.717) is 11.8 Å². The number of benzene rings is 1. The van der Waals surface area contributed by atoms with Crippen LogP contribution in [0.4, 0.5) is 5.69 Å². The second kappa shape index (κ2) is 10.0. The molecule has 0 bridgehead atoms. The van der Waals surface area contributed by atoms with Crippen LogP contribution in [0.3, 0.4) is 0 Å². The number of nitrogens with one attached hydrogen (secondary N) is 2. The highest BCUT2D eigenvalue weighted by molar-refractivity contribution is 7.97. The van der Waals surface area contributed by atoms with E-state index in [0.717, 1.165) is 26.2 Å². The third-order valence-corrected chi connectivity index (χ3v) is 8.20. The van der Waals surface area contributed by atoms with E-state index < -0.39 is 0 Å². The van der Waals surface area contributed by atoms with Crippen molar-refractivity contribution in [3.05, 3.63) is 29.4 Å². The summed E-state index contributed by atoms with van der Waals surface area (Å²) < 4.78 is 9.02. The van der Waals surface area contributed by atoms with Crippen molar-refractivity contribution in [3.63, 3.8) is 0 Å². The summed E-state index contributed by atoms with van der Waals surface area (Å²) >= 11 is 3.61. The van der Waals surface area contributed by atoms with Crippen molar-refractivity contribution in [3.8, 4) is 10.4 Å². The van der Waals surface area contributed by atoms with E-state index in [1.165, 1.54) is 58.1 Å². The zero-order chi connectivity index (χ0) is 21.0. The van der Waals surface area contributed by atoms with E-state index in [1.807, 2.05) is 11.3 Å². The lowest BCUT2D eigenvalue weighted by molar-refractivity contribution is -0.0505. The first-order chi connectivity index (χ1) is 14.6. The summed E-state index contributed by atoms with van der Waals surface area (Å²) in [6.45, 7) is 9.23.